The molecule has 0 unspecified atom stereocenters. The third-order valence-electron chi connectivity index (χ3n) is 4.36. The normalized spacial score (nSPS) is 12.4. The van der Waals surface area contributed by atoms with Crippen LogP contribution >= 0.6 is 0 Å². The second-order valence-electron chi connectivity index (χ2n) is 6.98. The van der Waals surface area contributed by atoms with E-state index >= 15 is 0 Å². The minimum absolute atomic E-state index is 0.0945. The Labute approximate surface area is 153 Å². The summed E-state index contributed by atoms with van der Waals surface area (Å²) < 4.78 is 27.4. The number of hydrogen-bond acceptors (Lipinski definition) is 5. The molecule has 0 saturated heterocycles. The molecule has 1 aromatic heterocycles. The number of aliphatic hydroxyl groups excluding tert-OH is 1. The Morgan fingerprint density at radius 3 is 2.56 bits per heavy atom. The lowest BCUT2D eigenvalue weighted by molar-refractivity contribution is 0.193. The zero-order valence-electron chi connectivity index (χ0n) is 16.2. The van der Waals surface area contributed by atoms with Gasteiger partial charge in [0.2, 0.25) is 15.0 Å². The van der Waals surface area contributed by atoms with Crippen LogP contribution in [-0.4, -0.2) is 53.4 Å². The van der Waals surface area contributed by atoms with E-state index in [-0.39, 0.29) is 17.5 Å². The second-order valence-corrected chi connectivity index (χ2v) is 8.99. The van der Waals surface area contributed by atoms with Crippen LogP contribution < -0.4 is 0 Å². The van der Waals surface area contributed by atoms with Crippen molar-refractivity contribution in [3.8, 4) is 0 Å². The summed E-state index contributed by atoms with van der Waals surface area (Å²) in [5.41, 5.74) is 0.909. The van der Waals surface area contributed by atoms with Gasteiger partial charge >= 0.3 is 0 Å². The average molecular weight is 374 g/mol. The number of imidazole rings is 1. The Morgan fingerprint density at radius 1 is 1.28 bits per heavy atom. The fraction of sp³-hybridized carbons (Fsp3) is 0.833. The maximum absolute atomic E-state index is 12.8. The van der Waals surface area contributed by atoms with Crippen LogP contribution in [0.2, 0.25) is 0 Å². The Morgan fingerprint density at radius 2 is 2.00 bits per heavy atom. The SMILES string of the molecule is CCCCn1c(CN(CC)CCO)cnc1S(=O)(=O)CCCC(C)C. The highest BCUT2D eigenvalue weighted by molar-refractivity contribution is 7.91. The van der Waals surface area contributed by atoms with E-state index < -0.39 is 9.84 Å². The molecule has 1 heterocycles. The third kappa shape index (κ3) is 7.07. The molecule has 0 bridgehead atoms. The first-order valence-corrected chi connectivity index (χ1v) is 11.1. The maximum atomic E-state index is 12.8. The molecule has 1 aromatic rings. The average Bonchev–Trinajstić information content (AvgIpc) is 2.95. The minimum Gasteiger partial charge on any atom is -0.395 e. The van der Waals surface area contributed by atoms with Crippen molar-refractivity contribution in [3.63, 3.8) is 0 Å². The molecular formula is C18H35N3O3S. The second kappa shape index (κ2) is 10.9. The predicted octanol–water partition coefficient (Wildman–Crippen LogP) is 2.71. The highest BCUT2D eigenvalue weighted by Crippen LogP contribution is 2.18. The summed E-state index contributed by atoms with van der Waals surface area (Å²) in [6.45, 7) is 11.1. The van der Waals surface area contributed by atoms with Gasteiger partial charge in [-0.1, -0.05) is 34.1 Å². The van der Waals surface area contributed by atoms with Gasteiger partial charge in [-0.3, -0.25) is 4.90 Å². The molecule has 0 spiro atoms. The van der Waals surface area contributed by atoms with Crippen molar-refractivity contribution in [1.29, 1.82) is 0 Å². The number of aliphatic hydroxyl groups is 1. The molecule has 0 saturated carbocycles. The van der Waals surface area contributed by atoms with Crippen molar-refractivity contribution < 1.29 is 13.5 Å². The van der Waals surface area contributed by atoms with Crippen LogP contribution in [0.15, 0.2) is 11.4 Å². The summed E-state index contributed by atoms with van der Waals surface area (Å²) >= 11 is 0. The minimum atomic E-state index is -3.37. The summed E-state index contributed by atoms with van der Waals surface area (Å²) in [4.78, 5) is 6.36. The molecular weight excluding hydrogens is 338 g/mol. The molecule has 0 aliphatic heterocycles. The summed E-state index contributed by atoms with van der Waals surface area (Å²) in [6.07, 6.45) is 5.18. The van der Waals surface area contributed by atoms with Crippen molar-refractivity contribution in [2.75, 3.05) is 25.4 Å². The van der Waals surface area contributed by atoms with Gasteiger partial charge in [0.05, 0.1) is 24.3 Å². The molecule has 0 radical (unpaired) electrons. The van der Waals surface area contributed by atoms with Gasteiger partial charge < -0.3 is 9.67 Å². The van der Waals surface area contributed by atoms with E-state index in [1.54, 1.807) is 6.20 Å². The van der Waals surface area contributed by atoms with Crippen molar-refractivity contribution in [3.05, 3.63) is 11.9 Å². The van der Waals surface area contributed by atoms with Gasteiger partial charge in [0.1, 0.15) is 0 Å². The number of sulfone groups is 1. The molecule has 1 rings (SSSR count). The molecule has 6 nitrogen and oxygen atoms in total. The van der Waals surface area contributed by atoms with Crippen LogP contribution in [0.4, 0.5) is 0 Å². The monoisotopic (exact) mass is 373 g/mol. The topological polar surface area (TPSA) is 75.4 Å². The Hall–Kier alpha value is -0.920. The fourth-order valence-electron chi connectivity index (χ4n) is 2.81. The summed E-state index contributed by atoms with van der Waals surface area (Å²) in [7, 11) is -3.37. The van der Waals surface area contributed by atoms with Crippen LogP contribution in [0.5, 0.6) is 0 Å². The lowest BCUT2D eigenvalue weighted by Crippen LogP contribution is -2.27. The Bertz CT molecular complexity index is 597. The van der Waals surface area contributed by atoms with E-state index in [1.807, 2.05) is 11.5 Å². The summed E-state index contributed by atoms with van der Waals surface area (Å²) in [6, 6.07) is 0. The smallest absolute Gasteiger partial charge is 0.227 e. The van der Waals surface area contributed by atoms with Crippen LogP contribution in [0.3, 0.4) is 0 Å². The van der Waals surface area contributed by atoms with E-state index in [2.05, 4.69) is 30.7 Å². The number of rotatable bonds is 13. The van der Waals surface area contributed by atoms with Gasteiger partial charge in [0.15, 0.2) is 0 Å². The molecule has 25 heavy (non-hydrogen) atoms. The molecule has 0 aromatic carbocycles. The van der Waals surface area contributed by atoms with Crippen LogP contribution in [0.1, 0.15) is 59.1 Å². The Balaban J connectivity index is 3.01. The van der Waals surface area contributed by atoms with E-state index in [0.29, 0.717) is 32.0 Å². The van der Waals surface area contributed by atoms with Crippen LogP contribution in [0, 0.1) is 5.92 Å². The molecule has 0 aliphatic rings. The largest absolute Gasteiger partial charge is 0.395 e. The van der Waals surface area contributed by atoms with Gasteiger partial charge in [-0.2, -0.15) is 0 Å². The first kappa shape index (κ1) is 22.1. The molecule has 7 heteroatoms. The van der Waals surface area contributed by atoms with E-state index in [1.165, 1.54) is 0 Å². The zero-order chi connectivity index (χ0) is 18.9. The lowest BCUT2D eigenvalue weighted by Gasteiger charge is -2.20. The van der Waals surface area contributed by atoms with Gasteiger partial charge in [0, 0.05) is 19.6 Å². The zero-order valence-corrected chi connectivity index (χ0v) is 17.1. The quantitative estimate of drug-likeness (QED) is 0.575. The Kier molecular flexibility index (Phi) is 9.67. The molecule has 0 aliphatic carbocycles. The first-order valence-electron chi connectivity index (χ1n) is 9.46. The summed E-state index contributed by atoms with van der Waals surface area (Å²) in [5.74, 6) is 0.657. The maximum Gasteiger partial charge on any atom is 0.227 e. The third-order valence-corrected chi connectivity index (χ3v) is 6.07. The van der Waals surface area contributed by atoms with E-state index in [9.17, 15) is 13.5 Å². The molecule has 146 valence electrons. The molecule has 0 amide bonds. The molecule has 1 N–H and O–H groups in total. The van der Waals surface area contributed by atoms with Crippen molar-refractivity contribution >= 4 is 9.84 Å². The van der Waals surface area contributed by atoms with Crippen molar-refractivity contribution in [2.24, 2.45) is 5.92 Å². The number of unbranched alkanes of at least 4 members (excludes halogenated alkanes) is 1. The van der Waals surface area contributed by atoms with Gasteiger partial charge in [0.25, 0.3) is 0 Å². The standard InChI is InChI=1S/C18H35N3O3S/c1-5-7-10-21-17(15-20(6-2)11-12-22)14-19-18(21)25(23,24)13-8-9-16(3)4/h14,16,22H,5-13,15H2,1-4H3. The van der Waals surface area contributed by atoms with Crippen molar-refractivity contribution in [1.82, 2.24) is 14.5 Å². The van der Waals surface area contributed by atoms with E-state index in [0.717, 1.165) is 31.5 Å². The van der Waals surface area contributed by atoms with Gasteiger partial charge in [-0.05, 0) is 31.7 Å². The van der Waals surface area contributed by atoms with Crippen LogP contribution in [0.25, 0.3) is 0 Å². The number of hydrogen-bond donors (Lipinski definition) is 1. The number of likely N-dealkylation sites (N-methyl/N-ethyl adjacent to an activating group) is 1. The van der Waals surface area contributed by atoms with Gasteiger partial charge in [-0.15, -0.1) is 0 Å². The predicted molar refractivity (Wildman–Crippen MR) is 101 cm³/mol. The molecule has 0 atom stereocenters. The lowest BCUT2D eigenvalue weighted by atomic mass is 10.1. The highest BCUT2D eigenvalue weighted by Gasteiger charge is 2.23. The number of aromatic nitrogens is 2. The fourth-order valence-corrected chi connectivity index (χ4v) is 4.30. The van der Waals surface area contributed by atoms with Gasteiger partial charge in [-0.25, -0.2) is 13.4 Å². The first-order chi connectivity index (χ1) is 11.9. The van der Waals surface area contributed by atoms with Crippen molar-refractivity contribution in [2.45, 2.75) is 71.6 Å². The highest BCUT2D eigenvalue weighted by atomic mass is 32.2. The summed E-state index contributed by atoms with van der Waals surface area (Å²) in [5, 5.41) is 9.38. The van der Waals surface area contributed by atoms with Crippen LogP contribution in [-0.2, 0) is 22.9 Å². The molecule has 0 fully saturated rings. The van der Waals surface area contributed by atoms with E-state index in [4.69, 9.17) is 0 Å². The number of nitrogens with zero attached hydrogens (tertiary/aromatic N) is 3.